The van der Waals surface area contributed by atoms with E-state index in [-0.39, 0.29) is 0 Å². The van der Waals surface area contributed by atoms with Crippen LogP contribution in [0.3, 0.4) is 0 Å². The average molecular weight is 173 g/mol. The van der Waals surface area contributed by atoms with Crippen LogP contribution >= 0.6 is 0 Å². The third-order valence-electron chi connectivity index (χ3n) is 2.10. The van der Waals surface area contributed by atoms with Gasteiger partial charge in [0.15, 0.2) is 0 Å². The summed E-state index contributed by atoms with van der Waals surface area (Å²) in [4.78, 5) is 0. The van der Waals surface area contributed by atoms with Crippen LogP contribution in [-0.4, -0.2) is 5.16 Å². The molecule has 0 spiro atoms. The second-order valence-electron chi connectivity index (χ2n) is 3.20. The molecule has 0 atom stereocenters. The third-order valence-corrected chi connectivity index (χ3v) is 2.10. The number of aryl methyl sites for hydroxylation is 2. The van der Waals surface area contributed by atoms with Crippen molar-refractivity contribution < 1.29 is 4.52 Å². The summed E-state index contributed by atoms with van der Waals surface area (Å²) in [5.74, 6) is 0. The second kappa shape index (κ2) is 3.05. The maximum Gasteiger partial charge on any atom is 0.124 e. The van der Waals surface area contributed by atoms with E-state index in [4.69, 9.17) is 4.52 Å². The summed E-state index contributed by atoms with van der Waals surface area (Å²) >= 11 is 0. The van der Waals surface area contributed by atoms with Crippen LogP contribution in [0.5, 0.6) is 0 Å². The van der Waals surface area contributed by atoms with Gasteiger partial charge in [0.25, 0.3) is 0 Å². The van der Waals surface area contributed by atoms with Gasteiger partial charge in [0, 0.05) is 11.6 Å². The molecule has 0 bridgehead atoms. The molecule has 2 rings (SSSR count). The first-order valence-electron chi connectivity index (χ1n) is 4.25. The van der Waals surface area contributed by atoms with E-state index in [9.17, 15) is 0 Å². The lowest BCUT2D eigenvalue weighted by atomic mass is 10.0. The highest BCUT2D eigenvalue weighted by Gasteiger charge is 2.03. The first kappa shape index (κ1) is 8.05. The molecule has 0 amide bonds. The van der Waals surface area contributed by atoms with Gasteiger partial charge in [-0.15, -0.1) is 0 Å². The van der Waals surface area contributed by atoms with Crippen LogP contribution in [0.4, 0.5) is 0 Å². The quantitative estimate of drug-likeness (QED) is 0.662. The van der Waals surface area contributed by atoms with Crippen molar-refractivity contribution in [3.8, 4) is 11.3 Å². The summed E-state index contributed by atoms with van der Waals surface area (Å²) in [5.41, 5.74) is 4.54. The van der Waals surface area contributed by atoms with Gasteiger partial charge in [-0.25, -0.2) is 0 Å². The molecule has 0 N–H and O–H groups in total. The zero-order chi connectivity index (χ0) is 9.26. The molecule has 0 fully saturated rings. The van der Waals surface area contributed by atoms with E-state index in [1.807, 2.05) is 6.07 Å². The summed E-state index contributed by atoms with van der Waals surface area (Å²) in [5, 5.41) is 3.90. The Labute approximate surface area is 77.2 Å². The summed E-state index contributed by atoms with van der Waals surface area (Å²) < 4.78 is 4.80. The fraction of sp³-hybridized carbons (Fsp3) is 0.182. The molecule has 0 saturated heterocycles. The molecular formula is C11H11NO. The van der Waals surface area contributed by atoms with Crippen LogP contribution in [0.2, 0.25) is 0 Å². The predicted molar refractivity (Wildman–Crippen MR) is 51.4 cm³/mol. The Kier molecular flexibility index (Phi) is 1.89. The Morgan fingerprint density at radius 2 is 2.00 bits per heavy atom. The Balaban J connectivity index is 2.53. The lowest BCUT2D eigenvalue weighted by molar-refractivity contribution is 0.422. The van der Waals surface area contributed by atoms with Crippen molar-refractivity contribution in [2.45, 2.75) is 13.8 Å². The Hall–Kier alpha value is -1.57. The zero-order valence-electron chi connectivity index (χ0n) is 7.74. The normalized spacial score (nSPS) is 10.3. The minimum absolute atomic E-state index is 0.900. The van der Waals surface area contributed by atoms with E-state index in [0.29, 0.717) is 0 Å². The van der Waals surface area contributed by atoms with Gasteiger partial charge in [0.1, 0.15) is 12.0 Å². The molecule has 1 aromatic heterocycles. The van der Waals surface area contributed by atoms with Crippen molar-refractivity contribution in [1.29, 1.82) is 0 Å². The van der Waals surface area contributed by atoms with E-state index in [1.165, 1.54) is 11.1 Å². The lowest BCUT2D eigenvalue weighted by Gasteiger charge is -2.02. The molecule has 0 saturated carbocycles. The maximum absolute atomic E-state index is 4.80. The predicted octanol–water partition coefficient (Wildman–Crippen LogP) is 2.96. The number of nitrogens with zero attached hydrogens (tertiary/aromatic N) is 1. The Morgan fingerprint density at radius 3 is 2.62 bits per heavy atom. The van der Waals surface area contributed by atoms with Gasteiger partial charge in [0.05, 0.1) is 0 Å². The van der Waals surface area contributed by atoms with Crippen molar-refractivity contribution in [1.82, 2.24) is 5.16 Å². The van der Waals surface area contributed by atoms with Crippen LogP contribution < -0.4 is 0 Å². The molecule has 0 unspecified atom stereocenters. The van der Waals surface area contributed by atoms with Crippen molar-refractivity contribution in [3.05, 3.63) is 41.7 Å². The summed E-state index contributed by atoms with van der Waals surface area (Å²) in [6.07, 6.45) is 1.59. The number of rotatable bonds is 1. The highest BCUT2D eigenvalue weighted by atomic mass is 16.5. The SMILES string of the molecule is Cc1ccc(-c2ccon2)c(C)c1. The summed E-state index contributed by atoms with van der Waals surface area (Å²) in [6.45, 7) is 4.16. The van der Waals surface area contributed by atoms with Gasteiger partial charge < -0.3 is 4.52 Å². The third kappa shape index (κ3) is 1.47. The second-order valence-corrected chi connectivity index (χ2v) is 3.20. The molecule has 2 heteroatoms. The minimum atomic E-state index is 0.900. The number of benzene rings is 1. The molecule has 66 valence electrons. The molecular weight excluding hydrogens is 162 g/mol. The number of hydrogen-bond acceptors (Lipinski definition) is 2. The number of hydrogen-bond donors (Lipinski definition) is 0. The van der Waals surface area contributed by atoms with E-state index in [1.54, 1.807) is 6.26 Å². The monoisotopic (exact) mass is 173 g/mol. The van der Waals surface area contributed by atoms with E-state index < -0.39 is 0 Å². The van der Waals surface area contributed by atoms with E-state index >= 15 is 0 Å². The maximum atomic E-state index is 4.80. The number of aromatic nitrogens is 1. The summed E-state index contributed by atoms with van der Waals surface area (Å²) in [6, 6.07) is 8.17. The van der Waals surface area contributed by atoms with Crippen LogP contribution in [0, 0.1) is 13.8 Å². The standard InChI is InChI=1S/C11H11NO/c1-8-3-4-10(9(2)7-8)11-5-6-13-12-11/h3-7H,1-2H3. The van der Waals surface area contributed by atoms with Gasteiger partial charge in [-0.05, 0) is 19.4 Å². The van der Waals surface area contributed by atoms with E-state index in [2.05, 4.69) is 37.2 Å². The molecule has 0 radical (unpaired) electrons. The van der Waals surface area contributed by atoms with Crippen LogP contribution in [0.25, 0.3) is 11.3 Å². The molecule has 0 aliphatic heterocycles. The van der Waals surface area contributed by atoms with Crippen molar-refractivity contribution in [3.63, 3.8) is 0 Å². The fourth-order valence-corrected chi connectivity index (χ4v) is 1.45. The van der Waals surface area contributed by atoms with Gasteiger partial charge in [-0.2, -0.15) is 0 Å². The average Bonchev–Trinajstić information content (AvgIpc) is 2.56. The zero-order valence-corrected chi connectivity index (χ0v) is 7.74. The van der Waals surface area contributed by atoms with Crippen LogP contribution in [0.15, 0.2) is 35.1 Å². The topological polar surface area (TPSA) is 26.0 Å². The van der Waals surface area contributed by atoms with Crippen molar-refractivity contribution in [2.75, 3.05) is 0 Å². The van der Waals surface area contributed by atoms with Gasteiger partial charge >= 0.3 is 0 Å². The molecule has 2 aromatic rings. The first-order chi connectivity index (χ1) is 6.27. The molecule has 1 heterocycles. The van der Waals surface area contributed by atoms with Gasteiger partial charge in [-0.1, -0.05) is 28.9 Å². The highest BCUT2D eigenvalue weighted by Crippen LogP contribution is 2.21. The first-order valence-corrected chi connectivity index (χ1v) is 4.25. The molecule has 2 nitrogen and oxygen atoms in total. The fourth-order valence-electron chi connectivity index (χ4n) is 1.45. The summed E-state index contributed by atoms with van der Waals surface area (Å²) in [7, 11) is 0. The van der Waals surface area contributed by atoms with E-state index in [0.717, 1.165) is 11.3 Å². The molecule has 1 aromatic carbocycles. The Bertz CT molecular complexity index is 404. The molecule has 13 heavy (non-hydrogen) atoms. The van der Waals surface area contributed by atoms with Crippen LogP contribution in [0.1, 0.15) is 11.1 Å². The lowest BCUT2D eigenvalue weighted by Crippen LogP contribution is -1.83. The Morgan fingerprint density at radius 1 is 1.15 bits per heavy atom. The minimum Gasteiger partial charge on any atom is -0.364 e. The molecule has 0 aliphatic carbocycles. The largest absolute Gasteiger partial charge is 0.364 e. The van der Waals surface area contributed by atoms with Gasteiger partial charge in [-0.3, -0.25) is 0 Å². The molecule has 0 aliphatic rings. The smallest absolute Gasteiger partial charge is 0.124 e. The highest BCUT2D eigenvalue weighted by molar-refractivity contribution is 5.63. The van der Waals surface area contributed by atoms with Crippen molar-refractivity contribution in [2.24, 2.45) is 0 Å². The van der Waals surface area contributed by atoms with Crippen LogP contribution in [-0.2, 0) is 0 Å². The van der Waals surface area contributed by atoms with Gasteiger partial charge in [0.2, 0.25) is 0 Å². The van der Waals surface area contributed by atoms with Crippen molar-refractivity contribution >= 4 is 0 Å².